The van der Waals surface area contributed by atoms with Gasteiger partial charge in [0.25, 0.3) is 0 Å². The summed E-state index contributed by atoms with van der Waals surface area (Å²) in [5.74, 6) is 2.75. The summed E-state index contributed by atoms with van der Waals surface area (Å²) in [5.41, 5.74) is 0. The molecule has 0 aromatic carbocycles. The summed E-state index contributed by atoms with van der Waals surface area (Å²) in [6.07, 6.45) is 7.37. The Labute approximate surface area is 156 Å². The van der Waals surface area contributed by atoms with E-state index in [2.05, 4.69) is 24.8 Å². The molecule has 7 heteroatoms. The van der Waals surface area contributed by atoms with Gasteiger partial charge in [-0.2, -0.15) is 0 Å². The van der Waals surface area contributed by atoms with Crippen molar-refractivity contribution in [3.63, 3.8) is 0 Å². The molecular weight excluding hydrogens is 405 g/mol. The summed E-state index contributed by atoms with van der Waals surface area (Å²) in [6.45, 7) is 7.00. The fourth-order valence-electron chi connectivity index (χ4n) is 2.98. The summed E-state index contributed by atoms with van der Waals surface area (Å²) in [4.78, 5) is 11.0. The first kappa shape index (κ1) is 20.2. The summed E-state index contributed by atoms with van der Waals surface area (Å²) in [5, 5.41) is 3.48. The van der Waals surface area contributed by atoms with Gasteiger partial charge in [0, 0.05) is 58.6 Å². The Morgan fingerprint density at radius 1 is 1.48 bits per heavy atom. The number of likely N-dealkylation sites (tertiary alicyclic amines) is 1. The van der Waals surface area contributed by atoms with Gasteiger partial charge in [0.2, 0.25) is 0 Å². The lowest BCUT2D eigenvalue weighted by atomic mass is 10.1. The Hall–Kier alpha value is -0.830. The Morgan fingerprint density at radius 3 is 2.96 bits per heavy atom. The lowest BCUT2D eigenvalue weighted by molar-refractivity contribution is 0.157. The van der Waals surface area contributed by atoms with Crippen LogP contribution in [0.5, 0.6) is 0 Å². The second-order valence-corrected chi connectivity index (χ2v) is 5.91. The average molecular weight is 435 g/mol. The van der Waals surface area contributed by atoms with E-state index in [9.17, 15) is 0 Å². The van der Waals surface area contributed by atoms with Crippen molar-refractivity contribution in [2.24, 2.45) is 10.9 Å². The molecule has 0 radical (unpaired) electrons. The van der Waals surface area contributed by atoms with E-state index in [1.54, 1.807) is 7.11 Å². The van der Waals surface area contributed by atoms with E-state index in [1.165, 1.54) is 6.42 Å². The van der Waals surface area contributed by atoms with Crippen molar-refractivity contribution < 1.29 is 4.74 Å². The number of hydrogen-bond acceptors (Lipinski definition) is 3. The minimum atomic E-state index is 0. The maximum atomic E-state index is 5.25. The Morgan fingerprint density at radius 2 is 2.30 bits per heavy atom. The third-order valence-corrected chi connectivity index (χ3v) is 4.23. The molecule has 2 heterocycles. The van der Waals surface area contributed by atoms with E-state index in [4.69, 9.17) is 4.74 Å². The van der Waals surface area contributed by atoms with E-state index in [1.807, 2.05) is 26.4 Å². The van der Waals surface area contributed by atoms with Crippen molar-refractivity contribution in [1.82, 2.24) is 19.8 Å². The van der Waals surface area contributed by atoms with Crippen LogP contribution in [0.1, 0.15) is 25.1 Å². The van der Waals surface area contributed by atoms with Gasteiger partial charge in [-0.1, -0.05) is 0 Å². The van der Waals surface area contributed by atoms with Crippen LogP contribution in [0.3, 0.4) is 0 Å². The van der Waals surface area contributed by atoms with Gasteiger partial charge in [0.1, 0.15) is 5.82 Å². The van der Waals surface area contributed by atoms with Crippen molar-refractivity contribution >= 4 is 29.9 Å². The van der Waals surface area contributed by atoms with Crippen molar-refractivity contribution in [3.05, 3.63) is 18.2 Å². The van der Waals surface area contributed by atoms with Gasteiger partial charge in [0.05, 0.1) is 6.61 Å². The smallest absolute Gasteiger partial charge is 0.193 e. The fraction of sp³-hybridized carbons (Fsp3) is 0.750. The van der Waals surface area contributed by atoms with Crippen LogP contribution in [0.25, 0.3) is 0 Å². The molecule has 0 saturated carbocycles. The number of rotatable bonds is 7. The van der Waals surface area contributed by atoms with Gasteiger partial charge in [-0.15, -0.1) is 24.0 Å². The molecule has 2 rings (SSSR count). The van der Waals surface area contributed by atoms with E-state index >= 15 is 0 Å². The number of nitrogens with one attached hydrogen (secondary N) is 1. The van der Waals surface area contributed by atoms with Crippen molar-refractivity contribution in [2.75, 3.05) is 40.4 Å². The lowest BCUT2D eigenvalue weighted by Crippen LogP contribution is -2.40. The van der Waals surface area contributed by atoms with Gasteiger partial charge in [0.15, 0.2) is 5.96 Å². The van der Waals surface area contributed by atoms with E-state index in [0.29, 0.717) is 5.92 Å². The highest BCUT2D eigenvalue weighted by Gasteiger charge is 2.24. The molecule has 0 aliphatic carbocycles. The molecule has 0 amide bonds. The number of guanidine groups is 1. The predicted molar refractivity (Wildman–Crippen MR) is 105 cm³/mol. The molecule has 1 aromatic heterocycles. The Bertz CT molecular complexity index is 477. The third kappa shape index (κ3) is 6.29. The van der Waals surface area contributed by atoms with Crippen molar-refractivity contribution in [3.8, 4) is 0 Å². The monoisotopic (exact) mass is 435 g/mol. The van der Waals surface area contributed by atoms with E-state index < -0.39 is 0 Å². The fourth-order valence-corrected chi connectivity index (χ4v) is 2.98. The summed E-state index contributed by atoms with van der Waals surface area (Å²) >= 11 is 0. The second kappa shape index (κ2) is 10.9. The zero-order valence-corrected chi connectivity index (χ0v) is 16.8. The van der Waals surface area contributed by atoms with Gasteiger partial charge in [-0.3, -0.25) is 4.99 Å². The van der Waals surface area contributed by atoms with Gasteiger partial charge in [-0.25, -0.2) is 4.98 Å². The van der Waals surface area contributed by atoms with Gasteiger partial charge < -0.3 is 19.5 Å². The van der Waals surface area contributed by atoms with Crippen LogP contribution in [0.4, 0.5) is 0 Å². The number of aromatic nitrogens is 2. The van der Waals surface area contributed by atoms with Crippen molar-refractivity contribution in [1.29, 1.82) is 0 Å². The number of unbranched alkanes of at least 4 members (excludes halogenated alkanes) is 1. The minimum Gasteiger partial charge on any atom is -0.384 e. The second-order valence-electron chi connectivity index (χ2n) is 5.91. The first-order valence-electron chi connectivity index (χ1n) is 8.17. The van der Waals surface area contributed by atoms with Crippen molar-refractivity contribution in [2.45, 2.75) is 32.7 Å². The number of methoxy groups -OCH3 is 1. The summed E-state index contributed by atoms with van der Waals surface area (Å²) < 4.78 is 7.45. The Balaban J connectivity index is 0.00000264. The number of imidazole rings is 1. The zero-order valence-electron chi connectivity index (χ0n) is 14.5. The molecule has 1 aromatic rings. The minimum absolute atomic E-state index is 0. The molecule has 1 atom stereocenters. The average Bonchev–Trinajstić information content (AvgIpc) is 3.13. The maximum Gasteiger partial charge on any atom is 0.193 e. The highest BCUT2D eigenvalue weighted by Crippen LogP contribution is 2.16. The van der Waals surface area contributed by atoms with E-state index in [0.717, 1.165) is 57.4 Å². The largest absolute Gasteiger partial charge is 0.384 e. The highest BCUT2D eigenvalue weighted by atomic mass is 127. The standard InChI is InChI=1S/C16H29N5O.HI/c1-14-18-8-11-20(14)9-5-4-7-19-16(17-2)21-10-6-15(12-21)13-22-3;/h8,11,15H,4-7,9-10,12-13H2,1-3H3,(H,17,19);1H. The molecule has 1 fully saturated rings. The maximum absolute atomic E-state index is 5.25. The predicted octanol–water partition coefficient (Wildman–Crippen LogP) is 2.13. The molecule has 1 aliphatic heterocycles. The zero-order chi connectivity index (χ0) is 15.8. The number of aliphatic imine (C=N–C) groups is 1. The quantitative estimate of drug-likeness (QED) is 0.309. The van der Waals surface area contributed by atoms with Gasteiger partial charge >= 0.3 is 0 Å². The molecular formula is C16H30IN5O. The lowest BCUT2D eigenvalue weighted by Gasteiger charge is -2.21. The van der Waals surface area contributed by atoms with Crippen LogP contribution in [0.2, 0.25) is 0 Å². The Kier molecular flexibility index (Phi) is 9.54. The number of nitrogens with zero attached hydrogens (tertiary/aromatic N) is 4. The van der Waals surface area contributed by atoms with Crippen LogP contribution in [-0.4, -0.2) is 60.8 Å². The van der Waals surface area contributed by atoms with Crippen LogP contribution in [-0.2, 0) is 11.3 Å². The first-order chi connectivity index (χ1) is 10.7. The number of hydrogen-bond donors (Lipinski definition) is 1. The molecule has 6 nitrogen and oxygen atoms in total. The van der Waals surface area contributed by atoms with E-state index in [-0.39, 0.29) is 24.0 Å². The van der Waals surface area contributed by atoms with Gasteiger partial charge in [-0.05, 0) is 26.2 Å². The molecule has 1 saturated heterocycles. The van der Waals surface area contributed by atoms with Crippen LogP contribution < -0.4 is 5.32 Å². The number of ether oxygens (including phenoxy) is 1. The first-order valence-corrected chi connectivity index (χ1v) is 8.17. The highest BCUT2D eigenvalue weighted by molar-refractivity contribution is 14.0. The molecule has 132 valence electrons. The summed E-state index contributed by atoms with van der Waals surface area (Å²) in [7, 11) is 3.64. The molecule has 0 spiro atoms. The van der Waals surface area contributed by atoms with Crippen LogP contribution in [0.15, 0.2) is 17.4 Å². The third-order valence-electron chi connectivity index (χ3n) is 4.23. The molecule has 0 bridgehead atoms. The molecule has 23 heavy (non-hydrogen) atoms. The molecule has 1 N–H and O–H groups in total. The number of halogens is 1. The SMILES string of the molecule is CN=C(NCCCCn1ccnc1C)N1CCC(COC)C1.I. The van der Waals surface area contributed by atoms with Crippen LogP contribution >= 0.6 is 24.0 Å². The number of aryl methyl sites for hydroxylation is 2. The molecule has 1 aliphatic rings. The van der Waals surface area contributed by atoms with Crippen LogP contribution in [0, 0.1) is 12.8 Å². The normalized spacial score (nSPS) is 18.1. The topological polar surface area (TPSA) is 54.7 Å². The summed E-state index contributed by atoms with van der Waals surface area (Å²) in [6, 6.07) is 0. The molecule has 1 unspecified atom stereocenters.